The molecule has 3 nitrogen and oxygen atoms in total. The zero-order valence-corrected chi connectivity index (χ0v) is 6.15. The molecule has 9 heavy (non-hydrogen) atoms. The largest absolute Gasteiger partial charge is 1.00 e. The number of hydrogen-bond donors (Lipinski definition) is 1. The van der Waals surface area contributed by atoms with Gasteiger partial charge >= 0.3 is 0 Å². The highest BCUT2D eigenvalue weighted by atomic mass is 35.5. The number of amides is 1. The molecule has 0 rings (SSSR count). The highest BCUT2D eigenvalue weighted by molar-refractivity contribution is 5.49. The van der Waals surface area contributed by atoms with E-state index in [1.54, 1.807) is 0 Å². The molecule has 1 amide bonds. The number of carbonyl (C=O) groups is 1. The topological polar surface area (TPSA) is 56.7 Å². The van der Waals surface area contributed by atoms with E-state index in [2.05, 4.69) is 6.58 Å². The molecule has 56 valence electrons. The van der Waals surface area contributed by atoms with E-state index < -0.39 is 6.09 Å². The molecule has 0 aromatic heterocycles. The van der Waals surface area contributed by atoms with Crippen LogP contribution in [0.25, 0.3) is 0 Å². The lowest BCUT2D eigenvalue weighted by molar-refractivity contribution is -0.608. The highest BCUT2D eigenvalue weighted by Crippen LogP contribution is 1.42. The molecule has 2 N–H and O–H groups in total. The van der Waals surface area contributed by atoms with Crippen molar-refractivity contribution in [3.05, 3.63) is 12.7 Å². The summed E-state index contributed by atoms with van der Waals surface area (Å²) in [7, 11) is 0. The Balaban J connectivity index is -0.000000180. The van der Waals surface area contributed by atoms with E-state index in [9.17, 15) is 9.90 Å². The molecule has 0 aromatic rings. The van der Waals surface area contributed by atoms with Crippen LogP contribution >= 0.6 is 0 Å². The standard InChI is InChI=1S/C4H7NO2.2ClH/c1-2-3-5-4(6)7;;/h2,5H,1,3H2,(H,6,7);2*1H/p-2. The van der Waals surface area contributed by atoms with Crippen molar-refractivity contribution in [2.75, 3.05) is 6.54 Å². The molecule has 0 atom stereocenters. The molecular weight excluding hydrogens is 165 g/mol. The first-order chi connectivity index (χ1) is 3.27. The van der Waals surface area contributed by atoms with Crippen LogP contribution in [-0.4, -0.2) is 12.6 Å². The molecule has 0 fully saturated rings. The number of carboxylic acid groups (broad SMARTS) is 1. The van der Waals surface area contributed by atoms with E-state index in [0.29, 0.717) is 6.54 Å². The molecule has 0 heterocycles. The zero-order chi connectivity index (χ0) is 5.70. The van der Waals surface area contributed by atoms with Crippen LogP contribution in [0.4, 0.5) is 4.79 Å². The molecule has 5 heteroatoms. The number of primary amides is 1. The lowest BCUT2D eigenvalue weighted by atomic mass is 10.6. The summed E-state index contributed by atoms with van der Waals surface area (Å²) in [6, 6.07) is 0. The summed E-state index contributed by atoms with van der Waals surface area (Å²) in [4.78, 5) is 9.54. The molecule has 0 aliphatic heterocycles. The van der Waals surface area contributed by atoms with Crippen molar-refractivity contribution < 1.29 is 40.0 Å². The first kappa shape index (κ1) is 15.9. The third-order valence-electron chi connectivity index (χ3n) is 0.451. The van der Waals surface area contributed by atoms with Crippen LogP contribution in [-0.2, 0) is 0 Å². The molecule has 0 bridgehead atoms. The monoisotopic (exact) mass is 171 g/mol. The van der Waals surface area contributed by atoms with Crippen LogP contribution in [0, 0.1) is 0 Å². The van der Waals surface area contributed by atoms with Crippen molar-refractivity contribution in [2.45, 2.75) is 0 Å². The maximum Gasteiger partial charge on any atom is 0.254 e. The Bertz CT molecular complexity index is 86.6. The fraction of sp³-hybridized carbons (Fsp3) is 0.250. The van der Waals surface area contributed by atoms with Crippen molar-refractivity contribution >= 4 is 6.09 Å². The van der Waals surface area contributed by atoms with E-state index in [-0.39, 0.29) is 24.8 Å². The van der Waals surface area contributed by atoms with Crippen LogP contribution in [0.3, 0.4) is 0 Å². The van der Waals surface area contributed by atoms with Gasteiger partial charge in [0.05, 0.1) is 6.54 Å². The lowest BCUT2D eigenvalue weighted by Gasteiger charge is -1.91. The van der Waals surface area contributed by atoms with Gasteiger partial charge in [0.25, 0.3) is 6.09 Å². The first-order valence-electron chi connectivity index (χ1n) is 1.92. The fourth-order valence-corrected chi connectivity index (χ4v) is 0.180. The van der Waals surface area contributed by atoms with E-state index in [4.69, 9.17) is 0 Å². The van der Waals surface area contributed by atoms with Crippen LogP contribution in [0.1, 0.15) is 0 Å². The summed E-state index contributed by atoms with van der Waals surface area (Å²) in [5.41, 5.74) is 0. The summed E-state index contributed by atoms with van der Waals surface area (Å²) < 4.78 is 0. The van der Waals surface area contributed by atoms with Gasteiger partial charge < -0.3 is 34.7 Å². The average Bonchev–Trinajstić information content (AvgIpc) is 1.61. The highest BCUT2D eigenvalue weighted by Gasteiger charge is 1.79. The number of carbonyl (C=O) groups excluding carboxylic acids is 1. The van der Waals surface area contributed by atoms with Gasteiger partial charge in [-0.1, -0.05) is 6.58 Å². The predicted molar refractivity (Wildman–Crippen MR) is 22.4 cm³/mol. The van der Waals surface area contributed by atoms with Gasteiger partial charge in [-0.15, -0.1) is 0 Å². The Labute approximate surface area is 66.0 Å². The van der Waals surface area contributed by atoms with Crippen LogP contribution in [0.2, 0.25) is 0 Å². The minimum Gasteiger partial charge on any atom is -1.00 e. The van der Waals surface area contributed by atoms with Crippen molar-refractivity contribution in [1.29, 1.82) is 0 Å². The van der Waals surface area contributed by atoms with Gasteiger partial charge in [-0.05, 0) is 6.08 Å². The molecule has 0 saturated carbocycles. The molecule has 0 aliphatic rings. The Kier molecular flexibility index (Phi) is 18.9. The van der Waals surface area contributed by atoms with Crippen LogP contribution in [0.5, 0.6) is 0 Å². The quantitative estimate of drug-likeness (QED) is 0.420. The molecule has 0 unspecified atom stereocenters. The summed E-state index contributed by atoms with van der Waals surface area (Å²) in [5.74, 6) is 0. The second-order valence-corrected chi connectivity index (χ2v) is 1.05. The Morgan fingerprint density at radius 3 is 2.22 bits per heavy atom. The normalized spacial score (nSPS) is 6.22. The fourth-order valence-electron chi connectivity index (χ4n) is 0.180. The summed E-state index contributed by atoms with van der Waals surface area (Å²) in [6.07, 6.45) is 0.357. The van der Waals surface area contributed by atoms with Gasteiger partial charge in [0.1, 0.15) is 0 Å². The lowest BCUT2D eigenvalue weighted by Crippen LogP contribution is -3.00. The first-order valence-corrected chi connectivity index (χ1v) is 1.92. The summed E-state index contributed by atoms with van der Waals surface area (Å²) >= 11 is 0. The van der Waals surface area contributed by atoms with Gasteiger partial charge in [0.15, 0.2) is 0 Å². The number of halogens is 2. The minimum absolute atomic E-state index is 0. The Morgan fingerprint density at radius 2 is 2.11 bits per heavy atom. The smallest absolute Gasteiger partial charge is 0.254 e. The predicted octanol–water partition coefficient (Wildman–Crippen LogP) is -7.91. The van der Waals surface area contributed by atoms with Crippen molar-refractivity contribution in [3.63, 3.8) is 0 Å². The molecule has 0 saturated heterocycles. The van der Waals surface area contributed by atoms with Gasteiger partial charge in [0.2, 0.25) is 0 Å². The molecule has 0 spiro atoms. The van der Waals surface area contributed by atoms with Crippen molar-refractivity contribution in [2.24, 2.45) is 0 Å². The Morgan fingerprint density at radius 1 is 1.67 bits per heavy atom. The summed E-state index contributed by atoms with van der Waals surface area (Å²) in [5, 5.41) is 10.6. The van der Waals surface area contributed by atoms with Crippen molar-refractivity contribution in [3.8, 4) is 0 Å². The molecule has 0 aromatic carbocycles. The third-order valence-corrected chi connectivity index (χ3v) is 0.451. The van der Waals surface area contributed by atoms with Gasteiger partial charge in [-0.3, -0.25) is 5.32 Å². The summed E-state index contributed by atoms with van der Waals surface area (Å²) in [6.45, 7) is 3.69. The van der Waals surface area contributed by atoms with E-state index in [1.807, 2.05) is 0 Å². The third kappa shape index (κ3) is 18.2. The number of hydrogen-bond acceptors (Lipinski definition) is 2. The minimum atomic E-state index is -1.14. The number of quaternary nitrogens is 1. The van der Waals surface area contributed by atoms with Gasteiger partial charge in [-0.2, -0.15) is 0 Å². The van der Waals surface area contributed by atoms with E-state index in [0.717, 1.165) is 5.32 Å². The van der Waals surface area contributed by atoms with Gasteiger partial charge in [-0.25, -0.2) is 0 Å². The van der Waals surface area contributed by atoms with E-state index >= 15 is 0 Å². The van der Waals surface area contributed by atoms with Crippen LogP contribution < -0.4 is 35.2 Å². The number of nitrogens with two attached hydrogens (primary N) is 1. The van der Waals surface area contributed by atoms with Crippen molar-refractivity contribution in [1.82, 2.24) is 0 Å². The van der Waals surface area contributed by atoms with E-state index in [1.165, 1.54) is 6.08 Å². The number of rotatable bonds is 2. The second-order valence-electron chi connectivity index (χ2n) is 1.05. The van der Waals surface area contributed by atoms with Gasteiger partial charge in [0, 0.05) is 0 Å². The molecule has 0 aliphatic carbocycles. The zero-order valence-electron chi connectivity index (χ0n) is 4.64. The Hall–Kier alpha value is -0.250. The maximum atomic E-state index is 9.54. The molecular formula is C4H7Cl2NO2-2. The van der Waals surface area contributed by atoms with Crippen LogP contribution in [0.15, 0.2) is 12.7 Å². The average molecular weight is 172 g/mol. The maximum absolute atomic E-state index is 9.54. The second kappa shape index (κ2) is 10.7. The SMILES string of the molecule is C=CC[NH2+]C(=O)[O-].[Cl-].[Cl-]. The molecule has 0 radical (unpaired) electrons.